The first kappa shape index (κ1) is 17.7. The van der Waals surface area contributed by atoms with Crippen molar-refractivity contribution in [3.8, 4) is 0 Å². The number of carbonyl (C=O) groups is 2. The SMILES string of the molecule is COCCOC(=O)C1=C(C)N=C2SCCC(=O)N2[C@H]1c1ccccc1. The number of methoxy groups -OCH3 is 1. The van der Waals surface area contributed by atoms with E-state index < -0.39 is 12.0 Å². The molecule has 0 N–H and O–H groups in total. The molecule has 132 valence electrons. The number of hydrogen-bond acceptors (Lipinski definition) is 6. The van der Waals surface area contributed by atoms with Crippen LogP contribution < -0.4 is 0 Å². The molecule has 7 heteroatoms. The lowest BCUT2D eigenvalue weighted by molar-refractivity contribution is -0.141. The van der Waals surface area contributed by atoms with E-state index in [0.717, 1.165) is 5.56 Å². The van der Waals surface area contributed by atoms with Crippen molar-refractivity contribution in [2.45, 2.75) is 19.4 Å². The molecule has 0 aliphatic carbocycles. The number of fused-ring (bicyclic) bond motifs is 1. The Balaban J connectivity index is 2.02. The lowest BCUT2D eigenvalue weighted by Gasteiger charge is -2.38. The van der Waals surface area contributed by atoms with E-state index in [9.17, 15) is 9.59 Å². The summed E-state index contributed by atoms with van der Waals surface area (Å²) in [6.45, 7) is 2.26. The van der Waals surface area contributed by atoms with Crippen molar-refractivity contribution in [2.24, 2.45) is 4.99 Å². The van der Waals surface area contributed by atoms with Crippen LogP contribution in [0.25, 0.3) is 0 Å². The zero-order valence-corrected chi connectivity index (χ0v) is 15.0. The van der Waals surface area contributed by atoms with Gasteiger partial charge in [0, 0.05) is 19.3 Å². The molecule has 1 saturated heterocycles. The predicted octanol–water partition coefficient (Wildman–Crippen LogP) is 2.53. The van der Waals surface area contributed by atoms with Gasteiger partial charge in [0.15, 0.2) is 5.17 Å². The summed E-state index contributed by atoms with van der Waals surface area (Å²) in [6, 6.07) is 9.01. The van der Waals surface area contributed by atoms with Crippen molar-refractivity contribution in [2.75, 3.05) is 26.1 Å². The number of aliphatic imine (C=N–C) groups is 1. The van der Waals surface area contributed by atoms with Crippen molar-refractivity contribution < 1.29 is 19.1 Å². The molecule has 1 amide bonds. The van der Waals surface area contributed by atoms with Crippen LogP contribution in [0.4, 0.5) is 0 Å². The Morgan fingerprint density at radius 2 is 2.08 bits per heavy atom. The molecular weight excluding hydrogens is 340 g/mol. The van der Waals surface area contributed by atoms with Gasteiger partial charge in [0.25, 0.3) is 0 Å². The van der Waals surface area contributed by atoms with Gasteiger partial charge in [0.2, 0.25) is 5.91 Å². The van der Waals surface area contributed by atoms with Gasteiger partial charge in [-0.1, -0.05) is 42.1 Å². The highest BCUT2D eigenvalue weighted by atomic mass is 32.2. The van der Waals surface area contributed by atoms with E-state index in [1.54, 1.807) is 18.9 Å². The molecule has 0 spiro atoms. The molecule has 0 radical (unpaired) electrons. The number of allylic oxidation sites excluding steroid dienone is 1. The lowest BCUT2D eigenvalue weighted by atomic mass is 9.94. The summed E-state index contributed by atoms with van der Waals surface area (Å²) < 4.78 is 10.3. The Morgan fingerprint density at radius 1 is 1.32 bits per heavy atom. The number of thioether (sulfide) groups is 1. The zero-order valence-electron chi connectivity index (χ0n) is 14.2. The van der Waals surface area contributed by atoms with Gasteiger partial charge < -0.3 is 9.47 Å². The van der Waals surface area contributed by atoms with Gasteiger partial charge in [-0.15, -0.1) is 0 Å². The Kier molecular flexibility index (Phi) is 5.55. The molecule has 3 rings (SSSR count). The fourth-order valence-corrected chi connectivity index (χ4v) is 3.91. The van der Waals surface area contributed by atoms with Gasteiger partial charge in [0.05, 0.1) is 23.9 Å². The van der Waals surface area contributed by atoms with Crippen LogP contribution in [0, 0.1) is 0 Å². The number of nitrogens with zero attached hydrogens (tertiary/aromatic N) is 2. The van der Waals surface area contributed by atoms with Gasteiger partial charge in [-0.05, 0) is 12.5 Å². The maximum absolute atomic E-state index is 12.7. The average molecular weight is 360 g/mol. The summed E-state index contributed by atoms with van der Waals surface area (Å²) in [4.78, 5) is 31.4. The van der Waals surface area contributed by atoms with Crippen LogP contribution in [0.2, 0.25) is 0 Å². The highest BCUT2D eigenvalue weighted by Crippen LogP contribution is 2.40. The molecule has 0 unspecified atom stereocenters. The lowest BCUT2D eigenvalue weighted by Crippen LogP contribution is -2.45. The normalized spacial score (nSPS) is 20.2. The third-order valence-corrected chi connectivity index (χ3v) is 5.02. The number of benzene rings is 1. The molecule has 1 atom stereocenters. The van der Waals surface area contributed by atoms with Gasteiger partial charge >= 0.3 is 5.97 Å². The standard InChI is InChI=1S/C18H20N2O4S/c1-12-15(17(22)24-10-9-23-2)16(13-6-4-3-5-7-13)20-14(21)8-11-25-18(20)19-12/h3-7,16H,8-11H2,1-2H3/t16-/m0/s1. The molecule has 0 aromatic heterocycles. The molecule has 6 nitrogen and oxygen atoms in total. The molecule has 1 aromatic carbocycles. The largest absolute Gasteiger partial charge is 0.460 e. The fraction of sp³-hybridized carbons (Fsp3) is 0.389. The second-order valence-corrected chi connectivity index (χ2v) is 6.76. The van der Waals surface area contributed by atoms with E-state index in [-0.39, 0.29) is 12.5 Å². The summed E-state index contributed by atoms with van der Waals surface area (Å²) in [7, 11) is 1.55. The van der Waals surface area contributed by atoms with Gasteiger partial charge in [-0.25, -0.2) is 9.79 Å². The number of carbonyl (C=O) groups excluding carboxylic acids is 2. The van der Waals surface area contributed by atoms with Gasteiger partial charge in [0.1, 0.15) is 6.61 Å². The van der Waals surface area contributed by atoms with Crippen molar-refractivity contribution in [1.29, 1.82) is 0 Å². The highest BCUT2D eigenvalue weighted by molar-refractivity contribution is 8.14. The van der Waals surface area contributed by atoms with Crippen molar-refractivity contribution in [1.82, 2.24) is 4.90 Å². The predicted molar refractivity (Wildman–Crippen MR) is 96.1 cm³/mol. The minimum atomic E-state index is -0.510. The van der Waals surface area contributed by atoms with E-state index in [1.165, 1.54) is 11.8 Å². The van der Waals surface area contributed by atoms with Crippen LogP contribution in [-0.2, 0) is 19.1 Å². The number of amides is 1. The second kappa shape index (κ2) is 7.84. The smallest absolute Gasteiger partial charge is 0.338 e. The van der Waals surface area contributed by atoms with Crippen LogP contribution in [0.3, 0.4) is 0 Å². The monoisotopic (exact) mass is 360 g/mol. The molecule has 1 aromatic rings. The van der Waals surface area contributed by atoms with Crippen LogP contribution >= 0.6 is 11.8 Å². The Bertz CT molecular complexity index is 730. The Morgan fingerprint density at radius 3 is 2.80 bits per heavy atom. The van der Waals surface area contributed by atoms with E-state index in [1.807, 2.05) is 30.3 Å². The summed E-state index contributed by atoms with van der Waals surface area (Å²) in [5.41, 5.74) is 1.86. The Hall–Kier alpha value is -2.12. The number of ether oxygens (including phenoxy) is 2. The number of esters is 1. The van der Waals surface area contributed by atoms with E-state index in [4.69, 9.17) is 9.47 Å². The fourth-order valence-electron chi connectivity index (χ4n) is 2.90. The number of amidine groups is 1. The highest BCUT2D eigenvalue weighted by Gasteiger charge is 2.41. The summed E-state index contributed by atoms with van der Waals surface area (Å²) in [5.74, 6) is 0.215. The topological polar surface area (TPSA) is 68.2 Å². The maximum Gasteiger partial charge on any atom is 0.338 e. The average Bonchev–Trinajstić information content (AvgIpc) is 2.61. The van der Waals surface area contributed by atoms with Crippen LogP contribution in [0.5, 0.6) is 0 Å². The summed E-state index contributed by atoms with van der Waals surface area (Å²) >= 11 is 1.54. The van der Waals surface area contributed by atoms with Gasteiger partial charge in [-0.3, -0.25) is 9.69 Å². The van der Waals surface area contributed by atoms with Crippen LogP contribution in [-0.4, -0.2) is 48.0 Å². The zero-order chi connectivity index (χ0) is 17.8. The molecule has 2 aliphatic rings. The molecule has 0 saturated carbocycles. The molecule has 1 fully saturated rings. The van der Waals surface area contributed by atoms with E-state index in [2.05, 4.69) is 4.99 Å². The minimum absolute atomic E-state index is 0.0268. The Labute approximate surface area is 150 Å². The molecule has 0 bridgehead atoms. The van der Waals surface area contributed by atoms with Crippen molar-refractivity contribution in [3.63, 3.8) is 0 Å². The van der Waals surface area contributed by atoms with Crippen LogP contribution in [0.1, 0.15) is 24.9 Å². The van der Waals surface area contributed by atoms with E-state index in [0.29, 0.717) is 35.2 Å². The molecule has 2 heterocycles. The first-order valence-corrected chi connectivity index (χ1v) is 9.07. The van der Waals surface area contributed by atoms with Crippen LogP contribution in [0.15, 0.2) is 46.6 Å². The van der Waals surface area contributed by atoms with Crippen molar-refractivity contribution >= 4 is 28.8 Å². The third-order valence-electron chi connectivity index (χ3n) is 4.06. The third kappa shape index (κ3) is 3.62. The molecule has 2 aliphatic heterocycles. The molecule has 25 heavy (non-hydrogen) atoms. The second-order valence-electron chi connectivity index (χ2n) is 5.70. The maximum atomic E-state index is 12.7. The summed E-state index contributed by atoms with van der Waals surface area (Å²) in [5, 5.41) is 0.649. The minimum Gasteiger partial charge on any atom is -0.460 e. The first-order chi connectivity index (χ1) is 12.1. The van der Waals surface area contributed by atoms with Gasteiger partial charge in [-0.2, -0.15) is 0 Å². The number of hydrogen-bond donors (Lipinski definition) is 0. The quantitative estimate of drug-likeness (QED) is 0.596. The summed E-state index contributed by atoms with van der Waals surface area (Å²) in [6.07, 6.45) is 0.429. The van der Waals surface area contributed by atoms with Crippen molar-refractivity contribution in [3.05, 3.63) is 47.2 Å². The molecular formula is C18H20N2O4S. The first-order valence-electron chi connectivity index (χ1n) is 8.08. The van der Waals surface area contributed by atoms with E-state index >= 15 is 0 Å². The number of rotatable bonds is 5.